The quantitative estimate of drug-likeness (QED) is 0.655. The van der Waals surface area contributed by atoms with Crippen LogP contribution in [0.5, 0.6) is 5.75 Å². The molecular weight excluding hydrogens is 350 g/mol. The number of oxazole rings is 1. The van der Waals surface area contributed by atoms with Crippen molar-refractivity contribution in [1.29, 1.82) is 0 Å². The molecule has 0 aliphatic heterocycles. The molecule has 5 nitrogen and oxygen atoms in total. The maximum absolute atomic E-state index is 13.3. The Morgan fingerprint density at radius 3 is 2.35 bits per heavy atom. The Morgan fingerprint density at radius 2 is 1.81 bits per heavy atom. The number of sulfone groups is 1. The number of rotatable bonds is 5. The summed E-state index contributed by atoms with van der Waals surface area (Å²) in [6.07, 6.45) is 2.77. The molecule has 3 aromatic rings. The molecule has 0 saturated carbocycles. The van der Waals surface area contributed by atoms with Crippen LogP contribution in [0, 0.1) is 6.92 Å². The van der Waals surface area contributed by atoms with Crippen molar-refractivity contribution >= 4 is 9.84 Å². The first-order valence-electron chi connectivity index (χ1n) is 8.27. The van der Waals surface area contributed by atoms with Gasteiger partial charge in [-0.3, -0.25) is 0 Å². The highest BCUT2D eigenvalue weighted by Gasteiger charge is 2.26. The Kier molecular flexibility index (Phi) is 4.87. The molecule has 1 aromatic heterocycles. The van der Waals surface area contributed by atoms with Crippen molar-refractivity contribution in [1.82, 2.24) is 4.98 Å². The van der Waals surface area contributed by atoms with Gasteiger partial charge in [0, 0.05) is 5.56 Å². The summed E-state index contributed by atoms with van der Waals surface area (Å²) in [5.74, 6) is 0.566. The molecule has 0 atom stereocenters. The Balaban J connectivity index is 2.28. The molecule has 0 bridgehead atoms. The maximum Gasteiger partial charge on any atom is 0.206 e. The number of benzene rings is 2. The van der Waals surface area contributed by atoms with E-state index >= 15 is 0 Å². The normalized spacial score (nSPS) is 11.7. The smallest absolute Gasteiger partial charge is 0.206 e. The molecule has 0 spiro atoms. The fourth-order valence-electron chi connectivity index (χ4n) is 2.82. The molecule has 0 radical (unpaired) electrons. The first kappa shape index (κ1) is 18.2. The summed E-state index contributed by atoms with van der Waals surface area (Å²) in [5.41, 5.74) is 2.81. The molecule has 136 valence electrons. The van der Waals surface area contributed by atoms with Crippen LogP contribution in [0.25, 0.3) is 11.3 Å². The van der Waals surface area contributed by atoms with Crippen LogP contribution in [-0.2, 0) is 9.84 Å². The van der Waals surface area contributed by atoms with Crippen molar-refractivity contribution in [2.24, 2.45) is 0 Å². The number of hydrogen-bond donors (Lipinski definition) is 0. The predicted molar refractivity (Wildman–Crippen MR) is 99.2 cm³/mol. The SMILES string of the molecule is COc1cc(C(C)C)c(S(=O)(=O)c2ccc(C)cc2)cc1-c1cocn1. The third-order valence-electron chi connectivity index (χ3n) is 4.28. The Bertz CT molecular complexity index is 1000. The third kappa shape index (κ3) is 3.24. The van der Waals surface area contributed by atoms with E-state index in [0.29, 0.717) is 22.6 Å². The van der Waals surface area contributed by atoms with Crippen molar-refractivity contribution in [2.45, 2.75) is 36.5 Å². The van der Waals surface area contributed by atoms with Crippen LogP contribution in [0.3, 0.4) is 0 Å². The van der Waals surface area contributed by atoms with E-state index in [-0.39, 0.29) is 15.7 Å². The molecule has 0 unspecified atom stereocenters. The summed E-state index contributed by atoms with van der Waals surface area (Å²) in [4.78, 5) is 4.66. The van der Waals surface area contributed by atoms with E-state index in [2.05, 4.69) is 4.98 Å². The van der Waals surface area contributed by atoms with E-state index in [0.717, 1.165) is 5.56 Å². The van der Waals surface area contributed by atoms with E-state index in [9.17, 15) is 8.42 Å². The van der Waals surface area contributed by atoms with E-state index in [1.807, 2.05) is 20.8 Å². The van der Waals surface area contributed by atoms with Crippen molar-refractivity contribution < 1.29 is 17.6 Å². The number of nitrogens with zero attached hydrogens (tertiary/aromatic N) is 1. The molecule has 26 heavy (non-hydrogen) atoms. The van der Waals surface area contributed by atoms with E-state index in [4.69, 9.17) is 9.15 Å². The summed E-state index contributed by atoms with van der Waals surface area (Å²) in [5, 5.41) is 0. The molecule has 0 aliphatic rings. The second-order valence-corrected chi connectivity index (χ2v) is 8.35. The minimum Gasteiger partial charge on any atom is -0.496 e. The zero-order chi connectivity index (χ0) is 18.9. The molecule has 3 rings (SSSR count). The van der Waals surface area contributed by atoms with Gasteiger partial charge in [0.25, 0.3) is 0 Å². The number of ether oxygens (including phenoxy) is 1. The lowest BCUT2D eigenvalue weighted by atomic mass is 9.99. The Morgan fingerprint density at radius 1 is 1.12 bits per heavy atom. The largest absolute Gasteiger partial charge is 0.496 e. The van der Waals surface area contributed by atoms with Gasteiger partial charge in [-0.2, -0.15) is 0 Å². The average molecular weight is 371 g/mol. The fraction of sp³-hybridized carbons (Fsp3) is 0.250. The summed E-state index contributed by atoms with van der Waals surface area (Å²) in [6, 6.07) is 10.3. The van der Waals surface area contributed by atoms with Crippen LogP contribution < -0.4 is 4.74 Å². The highest BCUT2D eigenvalue weighted by molar-refractivity contribution is 7.91. The van der Waals surface area contributed by atoms with Crippen molar-refractivity contribution in [2.75, 3.05) is 7.11 Å². The fourth-order valence-corrected chi connectivity index (χ4v) is 4.44. The average Bonchev–Trinajstić information content (AvgIpc) is 3.15. The molecule has 6 heteroatoms. The summed E-state index contributed by atoms with van der Waals surface area (Å²) >= 11 is 0. The van der Waals surface area contributed by atoms with E-state index in [1.165, 1.54) is 12.7 Å². The van der Waals surface area contributed by atoms with Crippen molar-refractivity contribution in [3.63, 3.8) is 0 Å². The van der Waals surface area contributed by atoms with Crippen molar-refractivity contribution in [3.8, 4) is 17.0 Å². The van der Waals surface area contributed by atoms with Gasteiger partial charge in [0.15, 0.2) is 6.39 Å². The second-order valence-electron chi connectivity index (χ2n) is 6.44. The van der Waals surface area contributed by atoms with Gasteiger partial charge >= 0.3 is 0 Å². The third-order valence-corrected chi connectivity index (χ3v) is 6.11. The molecule has 0 saturated heterocycles. The number of aryl methyl sites for hydroxylation is 1. The minimum absolute atomic E-state index is 0.00508. The van der Waals surface area contributed by atoms with E-state index < -0.39 is 9.84 Å². The van der Waals surface area contributed by atoms with Crippen LogP contribution in [0.15, 0.2) is 63.3 Å². The topological polar surface area (TPSA) is 69.4 Å². The van der Waals surface area contributed by atoms with Crippen LogP contribution in [-0.4, -0.2) is 20.5 Å². The standard InChI is InChI=1S/C20H21NO4S/c1-13(2)16-9-19(24-4)17(18-11-25-12-21-18)10-20(16)26(22,23)15-7-5-14(3)6-8-15/h5-13H,1-4H3. The lowest BCUT2D eigenvalue weighted by molar-refractivity contribution is 0.415. The second kappa shape index (κ2) is 6.96. The first-order valence-corrected chi connectivity index (χ1v) is 9.75. The Labute approximate surface area is 153 Å². The highest BCUT2D eigenvalue weighted by atomic mass is 32.2. The van der Waals surface area contributed by atoms with Crippen LogP contribution in [0.1, 0.15) is 30.9 Å². The lowest BCUT2D eigenvalue weighted by Crippen LogP contribution is -2.08. The number of aromatic nitrogens is 1. The van der Waals surface area contributed by atoms with E-state index in [1.54, 1.807) is 43.5 Å². The zero-order valence-electron chi connectivity index (χ0n) is 15.2. The summed E-state index contributed by atoms with van der Waals surface area (Å²) in [7, 11) is -2.13. The number of hydrogen-bond acceptors (Lipinski definition) is 5. The minimum atomic E-state index is -3.68. The summed E-state index contributed by atoms with van der Waals surface area (Å²) in [6.45, 7) is 5.84. The molecule has 2 aromatic carbocycles. The first-order chi connectivity index (χ1) is 12.3. The maximum atomic E-state index is 13.3. The summed E-state index contributed by atoms with van der Waals surface area (Å²) < 4.78 is 37.1. The highest BCUT2D eigenvalue weighted by Crippen LogP contribution is 2.38. The van der Waals surface area contributed by atoms with Gasteiger partial charge in [0.1, 0.15) is 17.7 Å². The number of methoxy groups -OCH3 is 1. The van der Waals surface area contributed by atoms with Crippen LogP contribution in [0.2, 0.25) is 0 Å². The molecule has 0 fully saturated rings. The van der Waals surface area contributed by atoms with Gasteiger partial charge in [-0.15, -0.1) is 0 Å². The van der Waals surface area contributed by atoms with Gasteiger partial charge in [-0.1, -0.05) is 31.5 Å². The zero-order valence-corrected chi connectivity index (χ0v) is 16.0. The van der Waals surface area contributed by atoms with Crippen LogP contribution >= 0.6 is 0 Å². The van der Waals surface area contributed by atoms with Crippen molar-refractivity contribution in [3.05, 3.63) is 60.2 Å². The predicted octanol–water partition coefficient (Wildman–Crippen LogP) is 4.61. The Hall–Kier alpha value is -2.60. The van der Waals surface area contributed by atoms with Gasteiger partial charge in [-0.05, 0) is 42.7 Å². The van der Waals surface area contributed by atoms with Crippen LogP contribution in [0.4, 0.5) is 0 Å². The van der Waals surface area contributed by atoms with Gasteiger partial charge in [-0.25, -0.2) is 13.4 Å². The molecule has 0 N–H and O–H groups in total. The molecule has 0 amide bonds. The monoisotopic (exact) mass is 371 g/mol. The molecule has 0 aliphatic carbocycles. The molecule has 1 heterocycles. The molecular formula is C20H21NO4S. The van der Waals surface area contributed by atoms with Gasteiger partial charge < -0.3 is 9.15 Å². The lowest BCUT2D eigenvalue weighted by Gasteiger charge is -2.17. The van der Waals surface area contributed by atoms with Gasteiger partial charge in [0.05, 0.1) is 16.9 Å². The van der Waals surface area contributed by atoms with Gasteiger partial charge in [0.2, 0.25) is 9.84 Å².